The van der Waals surface area contributed by atoms with Crippen LogP contribution in [0.25, 0.3) is 0 Å². The lowest BCUT2D eigenvalue weighted by Gasteiger charge is -2.14. The van der Waals surface area contributed by atoms with Crippen LogP contribution < -0.4 is 5.73 Å². The number of imidazole rings is 1. The van der Waals surface area contributed by atoms with Crippen molar-refractivity contribution in [1.29, 1.82) is 0 Å². The molecule has 0 aliphatic rings. The number of nitrogens with zero attached hydrogens (tertiary/aromatic N) is 3. The number of aromatic nitrogens is 2. The van der Waals surface area contributed by atoms with E-state index in [2.05, 4.69) is 16.5 Å². The molecule has 0 fully saturated rings. The van der Waals surface area contributed by atoms with Crippen molar-refractivity contribution in [1.82, 2.24) is 14.5 Å². The minimum Gasteiger partial charge on any atom is -0.399 e. The van der Waals surface area contributed by atoms with Crippen LogP contribution in [0.4, 0.5) is 5.69 Å². The molecule has 0 bridgehead atoms. The molecule has 1 aromatic carbocycles. The van der Waals surface area contributed by atoms with E-state index in [1.807, 2.05) is 24.3 Å². The molecule has 136 valence electrons. The molecule has 5 nitrogen and oxygen atoms in total. The summed E-state index contributed by atoms with van der Waals surface area (Å²) < 4.78 is 2.16. The summed E-state index contributed by atoms with van der Waals surface area (Å²) in [5.41, 5.74) is 8.59. The molecule has 1 amide bonds. The van der Waals surface area contributed by atoms with Gasteiger partial charge in [0.05, 0.1) is 5.69 Å². The Kier molecular flexibility index (Phi) is 6.88. The SMILES string of the molecule is CCCCc1nc(Cl)c(CCC(=O)N(C)C)n1Cc1ccc(N)cc1. The Bertz CT molecular complexity index is 707. The molecule has 0 unspecified atom stereocenters. The maximum atomic E-state index is 12.0. The van der Waals surface area contributed by atoms with Crippen LogP contribution in [0.5, 0.6) is 0 Å². The van der Waals surface area contributed by atoms with E-state index >= 15 is 0 Å². The number of halogens is 1. The molecule has 0 atom stereocenters. The number of unbranched alkanes of at least 4 members (excludes halogenated alkanes) is 1. The molecule has 2 rings (SSSR count). The number of anilines is 1. The van der Waals surface area contributed by atoms with Gasteiger partial charge in [-0.05, 0) is 30.5 Å². The summed E-state index contributed by atoms with van der Waals surface area (Å²) in [5.74, 6) is 1.07. The lowest BCUT2D eigenvalue weighted by molar-refractivity contribution is -0.128. The van der Waals surface area contributed by atoms with E-state index in [0.717, 1.165) is 42.0 Å². The number of nitrogen functional groups attached to an aromatic ring is 1. The van der Waals surface area contributed by atoms with Crippen molar-refractivity contribution in [2.45, 2.75) is 45.6 Å². The van der Waals surface area contributed by atoms with Gasteiger partial charge in [0.25, 0.3) is 0 Å². The third-order valence-corrected chi connectivity index (χ3v) is 4.55. The Balaban J connectivity index is 2.28. The maximum absolute atomic E-state index is 12.0. The molecule has 1 aromatic heterocycles. The molecular weight excluding hydrogens is 336 g/mol. The summed E-state index contributed by atoms with van der Waals surface area (Å²) in [5, 5.41) is 0.508. The van der Waals surface area contributed by atoms with Gasteiger partial charge in [0.2, 0.25) is 5.91 Å². The molecule has 0 spiro atoms. The second kappa shape index (κ2) is 8.90. The van der Waals surface area contributed by atoms with E-state index in [9.17, 15) is 4.79 Å². The summed E-state index contributed by atoms with van der Waals surface area (Å²) in [6, 6.07) is 7.83. The first kappa shape index (κ1) is 19.3. The summed E-state index contributed by atoms with van der Waals surface area (Å²) in [4.78, 5) is 18.1. The third-order valence-electron chi connectivity index (χ3n) is 4.25. The molecule has 2 aromatic rings. The highest BCUT2D eigenvalue weighted by Gasteiger charge is 2.17. The lowest BCUT2D eigenvalue weighted by atomic mass is 10.1. The van der Waals surface area contributed by atoms with Gasteiger partial charge in [-0.3, -0.25) is 4.79 Å². The van der Waals surface area contributed by atoms with Gasteiger partial charge >= 0.3 is 0 Å². The first-order chi connectivity index (χ1) is 11.9. The van der Waals surface area contributed by atoms with Crippen molar-refractivity contribution in [2.75, 3.05) is 19.8 Å². The number of carbonyl (C=O) groups is 1. The molecule has 0 saturated carbocycles. The number of benzene rings is 1. The molecule has 25 heavy (non-hydrogen) atoms. The van der Waals surface area contributed by atoms with E-state index in [1.165, 1.54) is 0 Å². The van der Waals surface area contributed by atoms with Gasteiger partial charge in [0.1, 0.15) is 5.82 Å². The smallest absolute Gasteiger partial charge is 0.222 e. The van der Waals surface area contributed by atoms with Gasteiger partial charge in [-0.2, -0.15) is 0 Å². The average molecular weight is 363 g/mol. The highest BCUT2D eigenvalue weighted by atomic mass is 35.5. The predicted octanol–water partition coefficient (Wildman–Crippen LogP) is 3.53. The molecular formula is C19H27ClN4O. The summed E-state index contributed by atoms with van der Waals surface area (Å²) in [6.07, 6.45) is 4.05. The molecule has 2 N–H and O–H groups in total. The van der Waals surface area contributed by atoms with E-state index in [-0.39, 0.29) is 5.91 Å². The molecule has 6 heteroatoms. The monoisotopic (exact) mass is 362 g/mol. The quantitative estimate of drug-likeness (QED) is 0.730. The fourth-order valence-electron chi connectivity index (χ4n) is 2.71. The number of hydrogen-bond donors (Lipinski definition) is 1. The number of hydrogen-bond acceptors (Lipinski definition) is 3. The normalized spacial score (nSPS) is 10.9. The third kappa shape index (κ3) is 5.23. The standard InChI is InChI=1S/C19H27ClN4O/c1-4-5-6-17-22-19(20)16(11-12-18(25)23(2)3)24(17)13-14-7-9-15(21)10-8-14/h7-10H,4-6,11-13,21H2,1-3H3. The number of nitrogens with two attached hydrogens (primary N) is 1. The van der Waals surface area contributed by atoms with Crippen LogP contribution in [0.2, 0.25) is 5.15 Å². The van der Waals surface area contributed by atoms with Crippen molar-refractivity contribution < 1.29 is 4.79 Å². The Morgan fingerprint density at radius 3 is 2.52 bits per heavy atom. The summed E-state index contributed by atoms with van der Waals surface area (Å²) in [7, 11) is 3.53. The first-order valence-electron chi connectivity index (χ1n) is 8.70. The topological polar surface area (TPSA) is 64.2 Å². The Labute approximate surface area is 154 Å². The zero-order valence-electron chi connectivity index (χ0n) is 15.3. The zero-order chi connectivity index (χ0) is 18.4. The van der Waals surface area contributed by atoms with Crippen LogP contribution >= 0.6 is 11.6 Å². The minimum absolute atomic E-state index is 0.0893. The molecule has 0 aliphatic heterocycles. The molecule has 1 heterocycles. The zero-order valence-corrected chi connectivity index (χ0v) is 16.0. The van der Waals surface area contributed by atoms with Crippen LogP contribution in [0.3, 0.4) is 0 Å². The van der Waals surface area contributed by atoms with Crippen molar-refractivity contribution in [3.05, 3.63) is 46.5 Å². The fourth-order valence-corrected chi connectivity index (χ4v) is 3.00. The Hall–Kier alpha value is -2.01. The van der Waals surface area contributed by atoms with Gasteiger partial charge < -0.3 is 15.2 Å². The molecule has 0 aliphatic carbocycles. The van der Waals surface area contributed by atoms with Gasteiger partial charge in [0, 0.05) is 39.2 Å². The van der Waals surface area contributed by atoms with E-state index in [0.29, 0.717) is 24.5 Å². The minimum atomic E-state index is 0.0893. The second-order valence-corrected chi connectivity index (χ2v) is 6.84. The average Bonchev–Trinajstić information content (AvgIpc) is 2.87. The first-order valence-corrected chi connectivity index (χ1v) is 9.08. The number of carbonyl (C=O) groups excluding carboxylic acids is 1. The molecule has 0 radical (unpaired) electrons. The van der Waals surface area contributed by atoms with Gasteiger partial charge in [-0.15, -0.1) is 0 Å². The van der Waals surface area contributed by atoms with Crippen molar-refractivity contribution in [3.63, 3.8) is 0 Å². The number of rotatable bonds is 8. The van der Waals surface area contributed by atoms with Crippen molar-refractivity contribution in [3.8, 4) is 0 Å². The van der Waals surface area contributed by atoms with E-state index in [4.69, 9.17) is 17.3 Å². The van der Waals surface area contributed by atoms with Gasteiger partial charge in [0.15, 0.2) is 5.15 Å². The van der Waals surface area contributed by atoms with Crippen LogP contribution in [0.1, 0.15) is 43.3 Å². The Morgan fingerprint density at radius 1 is 1.24 bits per heavy atom. The number of aryl methyl sites for hydroxylation is 1. The lowest BCUT2D eigenvalue weighted by Crippen LogP contribution is -2.22. The van der Waals surface area contributed by atoms with E-state index in [1.54, 1.807) is 19.0 Å². The van der Waals surface area contributed by atoms with Crippen molar-refractivity contribution >= 4 is 23.2 Å². The van der Waals surface area contributed by atoms with Gasteiger partial charge in [-0.1, -0.05) is 37.1 Å². The summed E-state index contributed by atoms with van der Waals surface area (Å²) in [6.45, 7) is 2.84. The largest absolute Gasteiger partial charge is 0.399 e. The number of amides is 1. The highest BCUT2D eigenvalue weighted by Crippen LogP contribution is 2.22. The Morgan fingerprint density at radius 2 is 1.92 bits per heavy atom. The second-order valence-electron chi connectivity index (χ2n) is 6.48. The van der Waals surface area contributed by atoms with Crippen LogP contribution in [-0.2, 0) is 24.2 Å². The van der Waals surface area contributed by atoms with Crippen LogP contribution in [0, 0.1) is 0 Å². The van der Waals surface area contributed by atoms with E-state index < -0.39 is 0 Å². The molecule has 0 saturated heterocycles. The van der Waals surface area contributed by atoms with Crippen molar-refractivity contribution in [2.24, 2.45) is 0 Å². The predicted molar refractivity (Wildman–Crippen MR) is 103 cm³/mol. The fraction of sp³-hybridized carbons (Fsp3) is 0.474. The maximum Gasteiger partial charge on any atom is 0.222 e. The van der Waals surface area contributed by atoms with Crippen LogP contribution in [-0.4, -0.2) is 34.5 Å². The van der Waals surface area contributed by atoms with Gasteiger partial charge in [-0.25, -0.2) is 4.98 Å². The summed E-state index contributed by atoms with van der Waals surface area (Å²) >= 11 is 6.41. The highest BCUT2D eigenvalue weighted by molar-refractivity contribution is 6.30. The van der Waals surface area contributed by atoms with Crippen LogP contribution in [0.15, 0.2) is 24.3 Å².